The van der Waals surface area contributed by atoms with E-state index in [4.69, 9.17) is 0 Å². The van der Waals surface area contributed by atoms with Crippen molar-refractivity contribution in [2.45, 2.75) is 25.3 Å². The van der Waals surface area contributed by atoms with Crippen molar-refractivity contribution in [1.82, 2.24) is 20.1 Å². The van der Waals surface area contributed by atoms with E-state index in [1.165, 1.54) is 19.3 Å². The second-order valence-electron chi connectivity index (χ2n) is 3.76. The van der Waals surface area contributed by atoms with Crippen molar-refractivity contribution in [1.29, 1.82) is 0 Å². The zero-order valence-corrected chi connectivity index (χ0v) is 8.20. The summed E-state index contributed by atoms with van der Waals surface area (Å²) in [5.41, 5.74) is 0. The molecule has 0 amide bonds. The molecule has 0 saturated heterocycles. The lowest BCUT2D eigenvalue weighted by molar-refractivity contribution is 0.229. The zero-order valence-electron chi connectivity index (χ0n) is 8.20. The molecule has 0 radical (unpaired) electrons. The van der Waals surface area contributed by atoms with Gasteiger partial charge in [0.1, 0.15) is 12.2 Å². The Labute approximate surface area is 78.4 Å². The summed E-state index contributed by atoms with van der Waals surface area (Å²) in [4.78, 5) is 0. The predicted molar refractivity (Wildman–Crippen MR) is 50.1 cm³/mol. The van der Waals surface area contributed by atoms with Gasteiger partial charge < -0.3 is 9.88 Å². The SMILES string of the molecule is CNC(c1nncn1C)C1CCC1. The fraction of sp³-hybridized carbons (Fsp3) is 0.778. The highest BCUT2D eigenvalue weighted by Crippen LogP contribution is 2.36. The van der Waals surface area contributed by atoms with Crippen LogP contribution in [0.15, 0.2) is 6.33 Å². The van der Waals surface area contributed by atoms with Gasteiger partial charge in [0.25, 0.3) is 0 Å². The van der Waals surface area contributed by atoms with Gasteiger partial charge in [-0.1, -0.05) is 6.42 Å². The van der Waals surface area contributed by atoms with E-state index in [1.807, 2.05) is 18.7 Å². The van der Waals surface area contributed by atoms with E-state index < -0.39 is 0 Å². The fourth-order valence-electron chi connectivity index (χ4n) is 1.92. The van der Waals surface area contributed by atoms with Crippen molar-refractivity contribution in [3.8, 4) is 0 Å². The molecule has 0 spiro atoms. The summed E-state index contributed by atoms with van der Waals surface area (Å²) >= 11 is 0. The maximum absolute atomic E-state index is 4.14. The summed E-state index contributed by atoms with van der Waals surface area (Å²) in [7, 11) is 4.00. The van der Waals surface area contributed by atoms with Gasteiger partial charge in [-0.05, 0) is 25.8 Å². The quantitative estimate of drug-likeness (QED) is 0.750. The molecule has 13 heavy (non-hydrogen) atoms. The molecule has 4 heteroatoms. The summed E-state index contributed by atoms with van der Waals surface area (Å²) in [5.74, 6) is 1.82. The Morgan fingerprint density at radius 1 is 1.62 bits per heavy atom. The third kappa shape index (κ3) is 1.46. The molecule has 1 aromatic rings. The van der Waals surface area contributed by atoms with Gasteiger partial charge in [0.05, 0.1) is 6.04 Å². The van der Waals surface area contributed by atoms with Crippen LogP contribution < -0.4 is 5.32 Å². The molecule has 1 aliphatic rings. The lowest BCUT2D eigenvalue weighted by atomic mass is 9.79. The normalized spacial score (nSPS) is 19.8. The van der Waals surface area contributed by atoms with Gasteiger partial charge in [-0.15, -0.1) is 10.2 Å². The van der Waals surface area contributed by atoms with E-state index in [-0.39, 0.29) is 0 Å². The Morgan fingerprint density at radius 2 is 2.38 bits per heavy atom. The summed E-state index contributed by atoms with van der Waals surface area (Å²) in [6, 6.07) is 0.390. The standard InChI is InChI=1S/C9H16N4/c1-10-8(7-4-3-5-7)9-12-11-6-13(9)2/h6-8,10H,3-5H2,1-2H3. The molecule has 1 atom stereocenters. The Hall–Kier alpha value is -0.900. The lowest BCUT2D eigenvalue weighted by Gasteiger charge is -2.32. The van der Waals surface area contributed by atoms with Crippen LogP contribution in [0.5, 0.6) is 0 Å². The average Bonchev–Trinajstić information content (AvgIpc) is 2.43. The predicted octanol–water partition coefficient (Wildman–Crippen LogP) is 0.876. The number of aromatic nitrogens is 3. The highest BCUT2D eigenvalue weighted by Gasteiger charge is 2.29. The van der Waals surface area contributed by atoms with Crippen LogP contribution in [0.4, 0.5) is 0 Å². The van der Waals surface area contributed by atoms with Gasteiger partial charge in [-0.25, -0.2) is 0 Å². The number of rotatable bonds is 3. The van der Waals surface area contributed by atoms with E-state index >= 15 is 0 Å². The van der Waals surface area contributed by atoms with Crippen LogP contribution >= 0.6 is 0 Å². The highest BCUT2D eigenvalue weighted by molar-refractivity contribution is 4.99. The number of aryl methyl sites for hydroxylation is 1. The Kier molecular flexibility index (Phi) is 2.31. The maximum Gasteiger partial charge on any atom is 0.149 e. The average molecular weight is 180 g/mol. The number of hydrogen-bond donors (Lipinski definition) is 1. The fourth-order valence-corrected chi connectivity index (χ4v) is 1.92. The minimum atomic E-state index is 0.390. The van der Waals surface area contributed by atoms with Crippen LogP contribution in [0.3, 0.4) is 0 Å². The molecule has 4 nitrogen and oxygen atoms in total. The number of nitrogens with one attached hydrogen (secondary N) is 1. The molecule has 2 rings (SSSR count). The Balaban J connectivity index is 2.16. The summed E-state index contributed by atoms with van der Waals surface area (Å²) < 4.78 is 2.00. The first-order valence-electron chi connectivity index (χ1n) is 4.84. The van der Waals surface area contributed by atoms with Crippen LogP contribution in [0.2, 0.25) is 0 Å². The highest BCUT2D eigenvalue weighted by atomic mass is 15.3. The molecule has 1 heterocycles. The van der Waals surface area contributed by atoms with Gasteiger partial charge in [-0.2, -0.15) is 0 Å². The number of nitrogens with zero attached hydrogens (tertiary/aromatic N) is 3. The van der Waals surface area contributed by atoms with Crippen molar-refractivity contribution in [3.63, 3.8) is 0 Å². The maximum atomic E-state index is 4.14. The molecule has 1 unspecified atom stereocenters. The first-order chi connectivity index (χ1) is 6.33. The Bertz CT molecular complexity index is 277. The second-order valence-corrected chi connectivity index (χ2v) is 3.76. The molecule has 1 aromatic heterocycles. The van der Waals surface area contributed by atoms with Crippen LogP contribution in [-0.2, 0) is 7.05 Å². The van der Waals surface area contributed by atoms with Gasteiger partial charge in [-0.3, -0.25) is 0 Å². The van der Waals surface area contributed by atoms with Crippen LogP contribution in [0.25, 0.3) is 0 Å². The molecular weight excluding hydrogens is 164 g/mol. The van der Waals surface area contributed by atoms with E-state index in [1.54, 1.807) is 6.33 Å². The van der Waals surface area contributed by atoms with Gasteiger partial charge in [0, 0.05) is 7.05 Å². The van der Waals surface area contributed by atoms with Crippen LogP contribution in [0, 0.1) is 5.92 Å². The van der Waals surface area contributed by atoms with Crippen LogP contribution in [-0.4, -0.2) is 21.8 Å². The first kappa shape index (κ1) is 8.69. The molecule has 0 aromatic carbocycles. The summed E-state index contributed by atoms with van der Waals surface area (Å²) in [6.07, 6.45) is 5.76. The van der Waals surface area contributed by atoms with E-state index in [0.29, 0.717) is 6.04 Å². The van der Waals surface area contributed by atoms with Crippen molar-refractivity contribution in [2.24, 2.45) is 13.0 Å². The van der Waals surface area contributed by atoms with E-state index in [0.717, 1.165) is 11.7 Å². The third-order valence-electron chi connectivity index (χ3n) is 2.96. The largest absolute Gasteiger partial charge is 0.319 e. The minimum absolute atomic E-state index is 0.390. The molecule has 0 aliphatic heterocycles. The molecule has 1 saturated carbocycles. The minimum Gasteiger partial charge on any atom is -0.319 e. The van der Waals surface area contributed by atoms with Crippen LogP contribution in [0.1, 0.15) is 31.1 Å². The van der Waals surface area contributed by atoms with Crippen molar-refractivity contribution in [3.05, 3.63) is 12.2 Å². The molecule has 1 fully saturated rings. The summed E-state index contributed by atoms with van der Waals surface area (Å²) in [5, 5.41) is 11.4. The van der Waals surface area contributed by atoms with Gasteiger partial charge in [0.2, 0.25) is 0 Å². The third-order valence-corrected chi connectivity index (χ3v) is 2.96. The number of hydrogen-bond acceptors (Lipinski definition) is 3. The molecule has 1 aliphatic carbocycles. The van der Waals surface area contributed by atoms with Crippen molar-refractivity contribution in [2.75, 3.05) is 7.05 Å². The van der Waals surface area contributed by atoms with Crippen molar-refractivity contribution >= 4 is 0 Å². The lowest BCUT2D eigenvalue weighted by Crippen LogP contribution is -2.31. The van der Waals surface area contributed by atoms with Gasteiger partial charge in [0.15, 0.2) is 0 Å². The molecule has 72 valence electrons. The first-order valence-corrected chi connectivity index (χ1v) is 4.84. The molecule has 1 N–H and O–H groups in total. The van der Waals surface area contributed by atoms with E-state index in [9.17, 15) is 0 Å². The molecular formula is C9H16N4. The molecule has 0 bridgehead atoms. The summed E-state index contributed by atoms with van der Waals surface area (Å²) in [6.45, 7) is 0. The van der Waals surface area contributed by atoms with Crippen molar-refractivity contribution < 1.29 is 0 Å². The monoisotopic (exact) mass is 180 g/mol. The van der Waals surface area contributed by atoms with E-state index in [2.05, 4.69) is 15.5 Å². The zero-order chi connectivity index (χ0) is 9.26. The second kappa shape index (κ2) is 3.46. The Morgan fingerprint density at radius 3 is 2.77 bits per heavy atom. The smallest absolute Gasteiger partial charge is 0.149 e. The van der Waals surface area contributed by atoms with Gasteiger partial charge >= 0.3 is 0 Å². The topological polar surface area (TPSA) is 42.7 Å².